The highest BCUT2D eigenvalue weighted by Crippen LogP contribution is 2.28. The van der Waals surface area contributed by atoms with Gasteiger partial charge in [0.2, 0.25) is 5.91 Å². The Balaban J connectivity index is 1.57. The van der Waals surface area contributed by atoms with Crippen molar-refractivity contribution in [3.8, 4) is 0 Å². The number of imide groups is 1. The van der Waals surface area contributed by atoms with Crippen LogP contribution in [-0.4, -0.2) is 55.6 Å². The van der Waals surface area contributed by atoms with Gasteiger partial charge in [0.25, 0.3) is 0 Å². The largest absolute Gasteiger partial charge is 0.334 e. The second-order valence-corrected chi connectivity index (χ2v) is 5.95. The molecule has 2 rings (SSSR count). The van der Waals surface area contributed by atoms with Crippen LogP contribution >= 0.6 is 0 Å². The van der Waals surface area contributed by atoms with Crippen LogP contribution in [-0.2, 0) is 4.79 Å². The van der Waals surface area contributed by atoms with Crippen LogP contribution in [0.25, 0.3) is 0 Å². The summed E-state index contributed by atoms with van der Waals surface area (Å²) in [4.78, 5) is 25.2. The molecule has 1 saturated carbocycles. The lowest BCUT2D eigenvalue weighted by Gasteiger charge is -2.31. The van der Waals surface area contributed by atoms with Gasteiger partial charge in [0.1, 0.15) is 0 Å². The van der Waals surface area contributed by atoms with Gasteiger partial charge in [0.15, 0.2) is 0 Å². The number of nitrogens with zero attached hydrogens (tertiary/aromatic N) is 1. The second-order valence-electron chi connectivity index (χ2n) is 5.95. The lowest BCUT2D eigenvalue weighted by Crippen LogP contribution is -2.48. The SMILES string of the molecule is C=CCNC(=O)NC(=O)CN1CCC(NCC2CC2)CC1. The zero-order valence-corrected chi connectivity index (χ0v) is 12.6. The van der Waals surface area contributed by atoms with Crippen LogP contribution in [0.4, 0.5) is 4.79 Å². The summed E-state index contributed by atoms with van der Waals surface area (Å²) in [6, 6.07) is 0.127. The van der Waals surface area contributed by atoms with Crippen LogP contribution < -0.4 is 16.0 Å². The molecule has 1 aliphatic carbocycles. The van der Waals surface area contributed by atoms with Gasteiger partial charge < -0.3 is 10.6 Å². The molecule has 3 amide bonds. The van der Waals surface area contributed by atoms with Crippen LogP contribution in [0.3, 0.4) is 0 Å². The van der Waals surface area contributed by atoms with E-state index in [1.165, 1.54) is 12.8 Å². The summed E-state index contributed by atoms with van der Waals surface area (Å²) < 4.78 is 0. The van der Waals surface area contributed by atoms with E-state index < -0.39 is 6.03 Å². The van der Waals surface area contributed by atoms with E-state index in [4.69, 9.17) is 0 Å². The van der Waals surface area contributed by atoms with Gasteiger partial charge in [-0.3, -0.25) is 15.0 Å². The van der Waals surface area contributed by atoms with E-state index >= 15 is 0 Å². The maximum atomic E-state index is 11.7. The molecule has 0 spiro atoms. The summed E-state index contributed by atoms with van der Waals surface area (Å²) in [7, 11) is 0. The molecule has 0 aromatic heterocycles. The van der Waals surface area contributed by atoms with Gasteiger partial charge in [-0.25, -0.2) is 4.79 Å². The Labute approximate surface area is 126 Å². The number of hydrogen-bond donors (Lipinski definition) is 3. The predicted molar refractivity (Wildman–Crippen MR) is 81.9 cm³/mol. The number of rotatable bonds is 7. The quantitative estimate of drug-likeness (QED) is 0.597. The van der Waals surface area contributed by atoms with Gasteiger partial charge in [-0.2, -0.15) is 0 Å². The van der Waals surface area contributed by atoms with E-state index in [1.54, 1.807) is 6.08 Å². The molecule has 2 aliphatic rings. The van der Waals surface area contributed by atoms with Crippen molar-refractivity contribution >= 4 is 11.9 Å². The summed E-state index contributed by atoms with van der Waals surface area (Å²) in [6.07, 6.45) is 6.47. The van der Waals surface area contributed by atoms with Crippen molar-refractivity contribution in [1.29, 1.82) is 0 Å². The van der Waals surface area contributed by atoms with E-state index in [9.17, 15) is 9.59 Å². The highest BCUT2D eigenvalue weighted by molar-refractivity contribution is 5.95. The first kappa shape index (κ1) is 16.0. The van der Waals surface area contributed by atoms with Crippen molar-refractivity contribution in [2.45, 2.75) is 31.7 Å². The van der Waals surface area contributed by atoms with Crippen molar-refractivity contribution < 1.29 is 9.59 Å². The van der Waals surface area contributed by atoms with Gasteiger partial charge in [0.05, 0.1) is 6.54 Å². The lowest BCUT2D eigenvalue weighted by molar-refractivity contribution is -0.121. The number of nitrogens with one attached hydrogen (secondary N) is 3. The van der Waals surface area contributed by atoms with Crippen molar-refractivity contribution in [2.24, 2.45) is 5.92 Å². The maximum Gasteiger partial charge on any atom is 0.321 e. The molecule has 0 atom stereocenters. The minimum absolute atomic E-state index is 0.249. The van der Waals surface area contributed by atoms with Gasteiger partial charge in [-0.15, -0.1) is 6.58 Å². The Kier molecular flexibility index (Phi) is 6.20. The monoisotopic (exact) mass is 294 g/mol. The van der Waals surface area contributed by atoms with Crippen LogP contribution in [0.15, 0.2) is 12.7 Å². The predicted octanol–water partition coefficient (Wildman–Crippen LogP) is 0.462. The first-order chi connectivity index (χ1) is 10.2. The Morgan fingerprint density at radius 1 is 1.19 bits per heavy atom. The topological polar surface area (TPSA) is 73.5 Å². The van der Waals surface area contributed by atoms with Gasteiger partial charge in [-0.05, 0) is 38.1 Å². The molecule has 21 heavy (non-hydrogen) atoms. The summed E-state index contributed by atoms with van der Waals surface area (Å²) >= 11 is 0. The number of amides is 3. The molecule has 0 bridgehead atoms. The van der Waals surface area contributed by atoms with Crippen molar-refractivity contribution in [3.05, 3.63) is 12.7 Å². The fourth-order valence-corrected chi connectivity index (χ4v) is 2.53. The van der Waals surface area contributed by atoms with E-state index in [-0.39, 0.29) is 12.5 Å². The molecule has 0 aromatic carbocycles. The average Bonchev–Trinajstić information content (AvgIpc) is 3.28. The third kappa shape index (κ3) is 6.27. The number of carbonyl (C=O) groups excluding carboxylic acids is 2. The number of hydrogen-bond acceptors (Lipinski definition) is 4. The molecule has 2 fully saturated rings. The third-order valence-electron chi connectivity index (χ3n) is 4.01. The lowest BCUT2D eigenvalue weighted by atomic mass is 10.0. The van der Waals surface area contributed by atoms with Gasteiger partial charge in [-0.1, -0.05) is 6.08 Å². The minimum Gasteiger partial charge on any atom is -0.334 e. The third-order valence-corrected chi connectivity index (χ3v) is 4.01. The zero-order valence-electron chi connectivity index (χ0n) is 12.6. The van der Waals surface area contributed by atoms with Crippen molar-refractivity contribution in [3.63, 3.8) is 0 Å². The number of urea groups is 1. The second kappa shape index (κ2) is 8.14. The van der Waals surface area contributed by atoms with Crippen LogP contribution in [0, 0.1) is 5.92 Å². The molecule has 1 saturated heterocycles. The smallest absolute Gasteiger partial charge is 0.321 e. The van der Waals surface area contributed by atoms with Gasteiger partial charge >= 0.3 is 6.03 Å². The first-order valence-electron chi connectivity index (χ1n) is 7.81. The molecular formula is C15H26N4O2. The molecule has 1 heterocycles. The zero-order chi connectivity index (χ0) is 15.1. The first-order valence-corrected chi connectivity index (χ1v) is 7.81. The number of carbonyl (C=O) groups is 2. The number of piperidine rings is 1. The normalized spacial score (nSPS) is 20.0. The summed E-state index contributed by atoms with van der Waals surface area (Å²) in [5.74, 6) is 0.656. The summed E-state index contributed by atoms with van der Waals surface area (Å²) in [5.41, 5.74) is 0. The molecule has 6 nitrogen and oxygen atoms in total. The highest BCUT2D eigenvalue weighted by Gasteiger charge is 2.25. The Morgan fingerprint density at radius 2 is 1.90 bits per heavy atom. The van der Waals surface area contributed by atoms with E-state index in [2.05, 4.69) is 27.4 Å². The Bertz CT molecular complexity index is 374. The molecule has 6 heteroatoms. The highest BCUT2D eigenvalue weighted by atomic mass is 16.2. The van der Waals surface area contributed by atoms with E-state index in [1.807, 2.05) is 0 Å². The van der Waals surface area contributed by atoms with Gasteiger partial charge in [0, 0.05) is 25.7 Å². The summed E-state index contributed by atoms with van der Waals surface area (Å²) in [5, 5.41) is 8.46. The summed E-state index contributed by atoms with van der Waals surface area (Å²) in [6.45, 7) is 7.11. The van der Waals surface area contributed by atoms with E-state index in [0.29, 0.717) is 12.6 Å². The minimum atomic E-state index is -0.458. The Morgan fingerprint density at radius 3 is 2.52 bits per heavy atom. The van der Waals surface area contributed by atoms with E-state index in [0.717, 1.165) is 38.4 Å². The number of likely N-dealkylation sites (tertiary alicyclic amines) is 1. The maximum absolute atomic E-state index is 11.7. The van der Waals surface area contributed by atoms with Crippen LogP contribution in [0.5, 0.6) is 0 Å². The van der Waals surface area contributed by atoms with Crippen molar-refractivity contribution in [1.82, 2.24) is 20.9 Å². The Hall–Kier alpha value is -1.40. The fraction of sp³-hybridized carbons (Fsp3) is 0.733. The fourth-order valence-electron chi connectivity index (χ4n) is 2.53. The standard InChI is InChI=1S/C15H26N4O2/c1-2-7-16-15(21)18-14(20)11-19-8-5-13(6-9-19)17-10-12-3-4-12/h2,12-13,17H,1,3-11H2,(H2,16,18,20,21). The molecule has 0 radical (unpaired) electrons. The molecule has 1 aliphatic heterocycles. The molecule has 118 valence electrons. The van der Waals surface area contributed by atoms with Crippen LogP contribution in [0.2, 0.25) is 0 Å². The molecule has 0 unspecified atom stereocenters. The molecular weight excluding hydrogens is 268 g/mol. The van der Waals surface area contributed by atoms with Crippen LogP contribution in [0.1, 0.15) is 25.7 Å². The average molecular weight is 294 g/mol. The molecule has 3 N–H and O–H groups in total. The molecule has 0 aromatic rings. The van der Waals surface area contributed by atoms with Crippen molar-refractivity contribution in [2.75, 3.05) is 32.7 Å².